The number of nitrogens with two attached hydrogens (primary N) is 1. The van der Waals surface area contributed by atoms with E-state index in [-0.39, 0.29) is 4.90 Å². The second-order valence-corrected chi connectivity index (χ2v) is 7.68. The van der Waals surface area contributed by atoms with Gasteiger partial charge in [0.2, 0.25) is 16.0 Å². The number of hydrogen-bond donors (Lipinski definition) is 4. The lowest BCUT2D eigenvalue weighted by Gasteiger charge is -2.17. The molecule has 0 amide bonds. The number of aromatic nitrogens is 4. The van der Waals surface area contributed by atoms with Gasteiger partial charge < -0.3 is 10.6 Å². The van der Waals surface area contributed by atoms with Crippen molar-refractivity contribution in [2.24, 2.45) is 5.14 Å². The standard InChI is InChI=1S/C18H17N7O2S/c1-11-16(28(19,26)27)6-5-14(17(11)24-18-20-7-2-8-21-18)23-13-4-3-12-10-22-25-15(12)9-13/h2-10,23H,1H3,(H,22,25)(H2,19,26,27)(H,20,21,24). The molecule has 28 heavy (non-hydrogen) atoms. The van der Waals surface area contributed by atoms with Gasteiger partial charge in [-0.25, -0.2) is 23.5 Å². The van der Waals surface area contributed by atoms with E-state index in [2.05, 4.69) is 30.8 Å². The molecule has 0 unspecified atom stereocenters. The first-order valence-corrected chi connectivity index (χ1v) is 9.87. The molecule has 0 bridgehead atoms. The lowest BCUT2D eigenvalue weighted by atomic mass is 10.1. The van der Waals surface area contributed by atoms with Crippen LogP contribution in [0.25, 0.3) is 10.9 Å². The number of aromatic amines is 1. The quantitative estimate of drug-likeness (QED) is 0.407. The third kappa shape index (κ3) is 3.50. The zero-order valence-corrected chi connectivity index (χ0v) is 15.7. The summed E-state index contributed by atoms with van der Waals surface area (Å²) in [6.07, 6.45) is 4.92. The Morgan fingerprint density at radius 1 is 1.07 bits per heavy atom. The molecule has 2 aromatic heterocycles. The number of nitrogens with zero attached hydrogens (tertiary/aromatic N) is 3. The van der Waals surface area contributed by atoms with Crippen molar-refractivity contribution < 1.29 is 8.42 Å². The first-order chi connectivity index (χ1) is 13.4. The smallest absolute Gasteiger partial charge is 0.238 e. The van der Waals surface area contributed by atoms with E-state index in [0.29, 0.717) is 22.9 Å². The average molecular weight is 395 g/mol. The Balaban J connectivity index is 1.79. The first kappa shape index (κ1) is 17.9. The number of H-pyrrole nitrogens is 1. The molecule has 0 radical (unpaired) electrons. The fraction of sp³-hybridized carbons (Fsp3) is 0.0556. The fourth-order valence-corrected chi connectivity index (χ4v) is 3.70. The number of anilines is 4. The van der Waals surface area contributed by atoms with Crippen LogP contribution in [0, 0.1) is 6.92 Å². The highest BCUT2D eigenvalue weighted by Gasteiger charge is 2.18. The Morgan fingerprint density at radius 3 is 2.61 bits per heavy atom. The molecule has 0 aliphatic carbocycles. The largest absolute Gasteiger partial charge is 0.354 e. The number of sulfonamides is 1. The minimum atomic E-state index is -3.88. The number of primary sulfonamides is 1. The molecule has 2 aromatic carbocycles. The summed E-state index contributed by atoms with van der Waals surface area (Å²) in [7, 11) is -3.88. The molecular weight excluding hydrogens is 378 g/mol. The second kappa shape index (κ2) is 6.91. The van der Waals surface area contributed by atoms with Crippen LogP contribution in [-0.2, 0) is 10.0 Å². The van der Waals surface area contributed by atoms with Crippen LogP contribution in [0.3, 0.4) is 0 Å². The molecule has 0 aliphatic rings. The molecule has 9 nitrogen and oxygen atoms in total. The molecule has 4 rings (SSSR count). The zero-order chi connectivity index (χ0) is 19.7. The fourth-order valence-electron chi connectivity index (χ4n) is 2.91. The minimum Gasteiger partial charge on any atom is -0.354 e. The molecule has 0 saturated heterocycles. The van der Waals surface area contributed by atoms with E-state index in [0.717, 1.165) is 16.6 Å². The van der Waals surface area contributed by atoms with Crippen LogP contribution >= 0.6 is 0 Å². The SMILES string of the molecule is Cc1c(S(N)(=O)=O)ccc(Nc2ccc3cn[nH]c3c2)c1Nc1ncccn1. The summed E-state index contributed by atoms with van der Waals surface area (Å²) < 4.78 is 23.9. The second-order valence-electron chi connectivity index (χ2n) is 6.15. The monoisotopic (exact) mass is 395 g/mol. The predicted octanol–water partition coefficient (Wildman–Crippen LogP) is 2.80. The summed E-state index contributed by atoms with van der Waals surface area (Å²) in [6.45, 7) is 1.67. The number of benzene rings is 2. The lowest BCUT2D eigenvalue weighted by molar-refractivity contribution is 0.597. The van der Waals surface area contributed by atoms with Crippen molar-refractivity contribution in [2.75, 3.05) is 10.6 Å². The van der Waals surface area contributed by atoms with E-state index in [4.69, 9.17) is 5.14 Å². The summed E-state index contributed by atoms with van der Waals surface area (Å²) in [5.41, 5.74) is 3.31. The Morgan fingerprint density at radius 2 is 1.86 bits per heavy atom. The number of hydrogen-bond acceptors (Lipinski definition) is 7. The summed E-state index contributed by atoms with van der Waals surface area (Å²) >= 11 is 0. The van der Waals surface area contributed by atoms with Gasteiger partial charge in [0.1, 0.15) is 0 Å². The van der Waals surface area contributed by atoms with E-state index < -0.39 is 10.0 Å². The van der Waals surface area contributed by atoms with Crippen molar-refractivity contribution in [1.82, 2.24) is 20.2 Å². The number of nitrogens with one attached hydrogen (secondary N) is 3. The van der Waals surface area contributed by atoms with Crippen molar-refractivity contribution in [3.63, 3.8) is 0 Å². The normalized spacial score (nSPS) is 11.5. The summed E-state index contributed by atoms with van der Waals surface area (Å²) in [4.78, 5) is 8.32. The molecule has 0 atom stereocenters. The van der Waals surface area contributed by atoms with E-state index in [1.54, 1.807) is 37.6 Å². The maximum absolute atomic E-state index is 11.9. The van der Waals surface area contributed by atoms with Gasteiger partial charge >= 0.3 is 0 Å². The molecule has 0 fully saturated rings. The van der Waals surface area contributed by atoms with E-state index in [9.17, 15) is 8.42 Å². The predicted molar refractivity (Wildman–Crippen MR) is 107 cm³/mol. The Kier molecular flexibility index (Phi) is 4.41. The topological polar surface area (TPSA) is 139 Å². The molecule has 0 spiro atoms. The average Bonchev–Trinajstić information content (AvgIpc) is 3.12. The molecule has 2 heterocycles. The van der Waals surface area contributed by atoms with Gasteiger partial charge in [-0.1, -0.05) is 0 Å². The zero-order valence-electron chi connectivity index (χ0n) is 14.8. The highest BCUT2D eigenvalue weighted by Crippen LogP contribution is 2.34. The van der Waals surface area contributed by atoms with E-state index >= 15 is 0 Å². The van der Waals surface area contributed by atoms with Crippen LogP contribution in [0.15, 0.2) is 59.9 Å². The minimum absolute atomic E-state index is 0.0282. The van der Waals surface area contributed by atoms with Gasteiger partial charge in [-0.05, 0) is 48.9 Å². The highest BCUT2D eigenvalue weighted by molar-refractivity contribution is 7.89. The van der Waals surface area contributed by atoms with Crippen LogP contribution in [0.5, 0.6) is 0 Å². The van der Waals surface area contributed by atoms with E-state index in [1.165, 1.54) is 6.07 Å². The van der Waals surface area contributed by atoms with E-state index in [1.807, 2.05) is 18.2 Å². The molecule has 0 saturated carbocycles. The molecule has 142 valence electrons. The van der Waals surface area contributed by atoms with Crippen LogP contribution in [-0.4, -0.2) is 28.6 Å². The van der Waals surface area contributed by atoms with Crippen LogP contribution in [0.4, 0.5) is 23.0 Å². The molecule has 4 aromatic rings. The molecular formula is C18H17N7O2S. The van der Waals surface area contributed by atoms with Gasteiger partial charge in [-0.2, -0.15) is 5.10 Å². The number of fused-ring (bicyclic) bond motifs is 1. The Labute approximate surface area is 161 Å². The van der Waals surface area contributed by atoms with Gasteiger partial charge in [0, 0.05) is 23.5 Å². The van der Waals surface area contributed by atoms with Gasteiger partial charge in [-0.15, -0.1) is 0 Å². The summed E-state index contributed by atoms with van der Waals surface area (Å²) in [5, 5.41) is 19.6. The van der Waals surface area contributed by atoms with Crippen LogP contribution in [0.1, 0.15) is 5.56 Å². The maximum Gasteiger partial charge on any atom is 0.238 e. The van der Waals surface area contributed by atoms with Crippen molar-refractivity contribution in [3.8, 4) is 0 Å². The Bertz CT molecular complexity index is 1250. The van der Waals surface area contributed by atoms with Crippen molar-refractivity contribution >= 4 is 43.9 Å². The van der Waals surface area contributed by atoms with Crippen molar-refractivity contribution in [1.29, 1.82) is 0 Å². The van der Waals surface area contributed by atoms with Gasteiger partial charge in [0.25, 0.3) is 0 Å². The van der Waals surface area contributed by atoms with Crippen LogP contribution < -0.4 is 15.8 Å². The molecule has 0 aliphatic heterocycles. The van der Waals surface area contributed by atoms with Gasteiger partial charge in [0.05, 0.1) is 28.0 Å². The Hall–Kier alpha value is -3.50. The van der Waals surface area contributed by atoms with Gasteiger partial charge in [0.15, 0.2) is 0 Å². The molecule has 5 N–H and O–H groups in total. The third-order valence-electron chi connectivity index (χ3n) is 4.25. The van der Waals surface area contributed by atoms with Gasteiger partial charge in [-0.3, -0.25) is 5.10 Å². The van der Waals surface area contributed by atoms with Crippen LogP contribution in [0.2, 0.25) is 0 Å². The first-order valence-electron chi connectivity index (χ1n) is 8.32. The third-order valence-corrected chi connectivity index (χ3v) is 5.30. The maximum atomic E-state index is 11.9. The summed E-state index contributed by atoms with van der Waals surface area (Å²) in [6, 6.07) is 10.6. The summed E-state index contributed by atoms with van der Waals surface area (Å²) in [5.74, 6) is 0.337. The highest BCUT2D eigenvalue weighted by atomic mass is 32.2. The number of rotatable bonds is 5. The van der Waals surface area contributed by atoms with Crippen molar-refractivity contribution in [2.45, 2.75) is 11.8 Å². The van der Waals surface area contributed by atoms with Crippen molar-refractivity contribution in [3.05, 3.63) is 60.6 Å². The molecule has 10 heteroatoms. The lowest BCUT2D eigenvalue weighted by Crippen LogP contribution is -2.15.